The second-order valence-corrected chi connectivity index (χ2v) is 4.49. The van der Waals surface area contributed by atoms with Crippen LogP contribution < -0.4 is 10.6 Å². The van der Waals surface area contributed by atoms with Crippen molar-refractivity contribution in [1.29, 1.82) is 0 Å². The van der Waals surface area contributed by atoms with Crippen molar-refractivity contribution in [3.8, 4) is 0 Å². The molecule has 0 aromatic heterocycles. The lowest BCUT2D eigenvalue weighted by Gasteiger charge is -2.35. The van der Waals surface area contributed by atoms with Crippen LogP contribution in [0, 0.1) is 18.3 Å². The molecular weight excluding hydrogens is 160 g/mol. The third-order valence-electron chi connectivity index (χ3n) is 3.46. The summed E-state index contributed by atoms with van der Waals surface area (Å²) >= 11 is 0. The number of hydrogen-bond donors (Lipinski definition) is 2. The minimum Gasteiger partial charge on any atom is -0.317 e. The van der Waals surface area contributed by atoms with Crippen molar-refractivity contribution in [2.75, 3.05) is 19.6 Å². The van der Waals surface area contributed by atoms with Crippen molar-refractivity contribution in [3.63, 3.8) is 0 Å². The highest BCUT2D eigenvalue weighted by Gasteiger charge is 2.26. The number of rotatable bonds is 3. The summed E-state index contributed by atoms with van der Waals surface area (Å²) in [7, 11) is 0. The Hall–Kier alpha value is -0.0800. The predicted octanol–water partition coefficient (Wildman–Crippen LogP) is 1.19. The lowest BCUT2D eigenvalue weighted by molar-refractivity contribution is 0.271. The van der Waals surface area contributed by atoms with Crippen molar-refractivity contribution < 1.29 is 0 Å². The standard InChI is InChI=1S/C11H21N2/c1-9(11-4-7-13-11)8-10-2-5-12-6-3-10/h8-13H,2-7H2,1H3. The van der Waals surface area contributed by atoms with Gasteiger partial charge in [-0.1, -0.05) is 6.92 Å². The van der Waals surface area contributed by atoms with Crippen LogP contribution in [0.2, 0.25) is 0 Å². The Bertz CT molecular complexity index is 148. The molecule has 0 spiro atoms. The van der Waals surface area contributed by atoms with Crippen LogP contribution in [0.25, 0.3) is 0 Å². The zero-order valence-electron chi connectivity index (χ0n) is 8.55. The minimum atomic E-state index is 0.775. The van der Waals surface area contributed by atoms with E-state index in [9.17, 15) is 0 Å². The molecule has 2 aliphatic rings. The van der Waals surface area contributed by atoms with E-state index < -0.39 is 0 Å². The summed E-state index contributed by atoms with van der Waals surface area (Å²) in [5.41, 5.74) is 0. The van der Waals surface area contributed by atoms with Gasteiger partial charge in [0.1, 0.15) is 0 Å². The molecule has 1 radical (unpaired) electrons. The van der Waals surface area contributed by atoms with E-state index in [0.717, 1.165) is 17.9 Å². The van der Waals surface area contributed by atoms with E-state index >= 15 is 0 Å². The minimum absolute atomic E-state index is 0.775. The van der Waals surface area contributed by atoms with Crippen molar-refractivity contribution in [1.82, 2.24) is 10.6 Å². The summed E-state index contributed by atoms with van der Waals surface area (Å²) < 4.78 is 0. The van der Waals surface area contributed by atoms with Crippen molar-refractivity contribution in [2.24, 2.45) is 11.8 Å². The van der Waals surface area contributed by atoms with Crippen molar-refractivity contribution in [2.45, 2.75) is 32.2 Å². The molecule has 2 atom stereocenters. The molecule has 13 heavy (non-hydrogen) atoms. The molecule has 0 aromatic rings. The van der Waals surface area contributed by atoms with E-state index in [0.29, 0.717) is 0 Å². The van der Waals surface area contributed by atoms with E-state index in [2.05, 4.69) is 24.0 Å². The lowest BCUT2D eigenvalue weighted by atomic mass is 9.82. The highest BCUT2D eigenvalue weighted by Crippen LogP contribution is 2.24. The first kappa shape index (κ1) is 9.47. The summed E-state index contributed by atoms with van der Waals surface area (Å²) in [6.45, 7) is 6.02. The van der Waals surface area contributed by atoms with Gasteiger partial charge in [-0.15, -0.1) is 0 Å². The first-order valence-electron chi connectivity index (χ1n) is 5.65. The third kappa shape index (κ3) is 2.44. The molecule has 0 aliphatic carbocycles. The van der Waals surface area contributed by atoms with Crippen LogP contribution in [-0.4, -0.2) is 25.7 Å². The van der Waals surface area contributed by atoms with Gasteiger partial charge in [0.2, 0.25) is 0 Å². The van der Waals surface area contributed by atoms with E-state index in [-0.39, 0.29) is 0 Å². The molecule has 2 nitrogen and oxygen atoms in total. The molecule has 2 saturated heterocycles. The molecule has 2 heterocycles. The van der Waals surface area contributed by atoms with Crippen molar-refractivity contribution >= 4 is 0 Å². The van der Waals surface area contributed by atoms with E-state index in [1.165, 1.54) is 38.9 Å². The highest BCUT2D eigenvalue weighted by molar-refractivity contribution is 4.93. The molecular formula is C11H21N2. The SMILES string of the molecule is CC([CH]C1CCNCC1)C1CCN1. The zero-order valence-corrected chi connectivity index (χ0v) is 8.55. The quantitative estimate of drug-likeness (QED) is 0.683. The third-order valence-corrected chi connectivity index (χ3v) is 3.46. The number of hydrogen-bond acceptors (Lipinski definition) is 2. The van der Waals surface area contributed by atoms with Gasteiger partial charge in [-0.3, -0.25) is 0 Å². The van der Waals surface area contributed by atoms with Gasteiger partial charge < -0.3 is 10.6 Å². The Labute approximate surface area is 81.5 Å². The Morgan fingerprint density at radius 3 is 2.38 bits per heavy atom. The second-order valence-electron chi connectivity index (χ2n) is 4.49. The predicted molar refractivity (Wildman–Crippen MR) is 55.5 cm³/mol. The Morgan fingerprint density at radius 2 is 1.85 bits per heavy atom. The smallest absolute Gasteiger partial charge is 0.0108 e. The maximum Gasteiger partial charge on any atom is 0.0108 e. The maximum atomic E-state index is 3.49. The van der Waals surface area contributed by atoms with Crippen LogP contribution >= 0.6 is 0 Å². The molecule has 0 aromatic carbocycles. The molecule has 0 amide bonds. The van der Waals surface area contributed by atoms with Gasteiger partial charge in [0.15, 0.2) is 0 Å². The van der Waals surface area contributed by atoms with Crippen LogP contribution in [-0.2, 0) is 0 Å². The van der Waals surface area contributed by atoms with Gasteiger partial charge in [0.05, 0.1) is 0 Å². The fourth-order valence-corrected chi connectivity index (χ4v) is 2.36. The average Bonchev–Trinajstić information content (AvgIpc) is 2.02. The Kier molecular flexibility index (Phi) is 3.23. The highest BCUT2D eigenvalue weighted by atomic mass is 15.0. The normalized spacial score (nSPS) is 32.5. The fourth-order valence-electron chi connectivity index (χ4n) is 2.36. The molecule has 2 heteroatoms. The van der Waals surface area contributed by atoms with E-state index in [4.69, 9.17) is 0 Å². The molecule has 0 bridgehead atoms. The first-order chi connectivity index (χ1) is 6.36. The molecule has 2 fully saturated rings. The van der Waals surface area contributed by atoms with Crippen LogP contribution in [0.1, 0.15) is 26.2 Å². The van der Waals surface area contributed by atoms with E-state index in [1.54, 1.807) is 0 Å². The van der Waals surface area contributed by atoms with Crippen LogP contribution in [0.4, 0.5) is 0 Å². The molecule has 0 saturated carbocycles. The lowest BCUT2D eigenvalue weighted by Crippen LogP contribution is -2.48. The summed E-state index contributed by atoms with van der Waals surface area (Å²) in [5, 5.41) is 6.90. The number of piperidine rings is 1. The van der Waals surface area contributed by atoms with Crippen LogP contribution in [0.15, 0.2) is 0 Å². The van der Waals surface area contributed by atoms with Gasteiger partial charge in [0, 0.05) is 6.04 Å². The zero-order chi connectivity index (χ0) is 9.10. The Balaban J connectivity index is 1.69. The summed E-state index contributed by atoms with van der Waals surface area (Å²) in [4.78, 5) is 0. The molecule has 2 rings (SSSR count). The monoisotopic (exact) mass is 181 g/mol. The maximum absolute atomic E-state index is 3.49. The Morgan fingerprint density at radius 1 is 1.15 bits per heavy atom. The topological polar surface area (TPSA) is 24.1 Å². The summed E-state index contributed by atoms with van der Waals surface area (Å²) in [6.07, 6.45) is 6.65. The summed E-state index contributed by atoms with van der Waals surface area (Å²) in [6, 6.07) is 0.787. The molecule has 2 N–H and O–H groups in total. The van der Waals surface area contributed by atoms with Gasteiger partial charge in [0.25, 0.3) is 0 Å². The first-order valence-corrected chi connectivity index (χ1v) is 5.65. The van der Waals surface area contributed by atoms with Crippen LogP contribution in [0.3, 0.4) is 0 Å². The summed E-state index contributed by atoms with van der Waals surface area (Å²) in [5.74, 6) is 1.65. The fraction of sp³-hybridized carbons (Fsp3) is 0.909. The molecule has 75 valence electrons. The van der Waals surface area contributed by atoms with Crippen molar-refractivity contribution in [3.05, 3.63) is 6.42 Å². The van der Waals surface area contributed by atoms with Gasteiger partial charge in [-0.2, -0.15) is 0 Å². The largest absolute Gasteiger partial charge is 0.317 e. The molecule has 2 unspecified atom stereocenters. The van der Waals surface area contributed by atoms with Gasteiger partial charge in [-0.05, 0) is 57.2 Å². The number of nitrogens with one attached hydrogen (secondary N) is 2. The second kappa shape index (κ2) is 4.43. The van der Waals surface area contributed by atoms with Crippen LogP contribution in [0.5, 0.6) is 0 Å². The molecule has 2 aliphatic heterocycles. The van der Waals surface area contributed by atoms with Gasteiger partial charge >= 0.3 is 0 Å². The average molecular weight is 181 g/mol. The van der Waals surface area contributed by atoms with Gasteiger partial charge in [-0.25, -0.2) is 0 Å². The van der Waals surface area contributed by atoms with E-state index in [1.807, 2.05) is 0 Å².